The average molecular weight is 226 g/mol. The number of nitrogens with zero attached hydrogens (tertiary/aromatic N) is 2. The zero-order valence-electron chi connectivity index (χ0n) is 8.67. The molecule has 0 saturated heterocycles. The van der Waals surface area contributed by atoms with Crippen molar-refractivity contribution >= 4 is 11.9 Å². The zero-order chi connectivity index (χ0) is 12.0. The van der Waals surface area contributed by atoms with Gasteiger partial charge in [-0.25, -0.2) is 9.78 Å². The molecule has 0 bridgehead atoms. The van der Waals surface area contributed by atoms with E-state index in [0.717, 1.165) is 0 Å². The molecule has 1 amide bonds. The maximum Gasteiger partial charge on any atom is 0.328 e. The normalized spacial score (nSPS) is 12.1. The second-order valence-electron chi connectivity index (χ2n) is 3.26. The highest BCUT2D eigenvalue weighted by molar-refractivity contribution is 5.83. The quantitative estimate of drug-likeness (QED) is 0.564. The third-order valence-electron chi connectivity index (χ3n) is 1.96. The van der Waals surface area contributed by atoms with Gasteiger partial charge in [-0.2, -0.15) is 0 Å². The molecule has 7 heteroatoms. The van der Waals surface area contributed by atoms with Crippen molar-refractivity contribution in [2.75, 3.05) is 6.54 Å². The number of hydrogen-bond acceptors (Lipinski definition) is 4. The molecule has 0 aromatic carbocycles. The smallest absolute Gasteiger partial charge is 0.328 e. The van der Waals surface area contributed by atoms with Crippen LogP contribution in [0.3, 0.4) is 0 Å². The van der Waals surface area contributed by atoms with E-state index in [1.807, 2.05) is 0 Å². The molecule has 1 aromatic rings. The maximum atomic E-state index is 11.2. The molecule has 7 nitrogen and oxygen atoms in total. The number of nitrogens with one attached hydrogen (secondary N) is 1. The topological polar surface area (TPSA) is 110 Å². The van der Waals surface area contributed by atoms with Crippen molar-refractivity contribution in [2.45, 2.75) is 19.0 Å². The highest BCUT2D eigenvalue weighted by Crippen LogP contribution is 1.94. The predicted octanol–water partition coefficient (Wildman–Crippen LogP) is -1.20. The lowest BCUT2D eigenvalue weighted by Crippen LogP contribution is -2.44. The Balaban J connectivity index is 2.54. The Hall–Kier alpha value is -1.89. The molecule has 0 aliphatic heterocycles. The lowest BCUT2D eigenvalue weighted by Gasteiger charge is -2.14. The van der Waals surface area contributed by atoms with Crippen LogP contribution < -0.4 is 11.1 Å². The molecule has 1 rings (SSSR count). The van der Waals surface area contributed by atoms with Gasteiger partial charge in [0, 0.05) is 25.4 Å². The first-order valence-electron chi connectivity index (χ1n) is 4.81. The summed E-state index contributed by atoms with van der Waals surface area (Å²) in [6, 6.07) is -0.965. The SMILES string of the molecule is NCCC(=O)NC(Cn1ccnc1)C(=O)O. The molecule has 0 aliphatic rings. The van der Waals surface area contributed by atoms with Gasteiger partial charge >= 0.3 is 5.97 Å². The molecule has 1 unspecified atom stereocenters. The van der Waals surface area contributed by atoms with Crippen LogP contribution in [0.5, 0.6) is 0 Å². The number of aromatic nitrogens is 2. The largest absolute Gasteiger partial charge is 0.480 e. The summed E-state index contributed by atoms with van der Waals surface area (Å²) >= 11 is 0. The molecule has 0 spiro atoms. The molecule has 0 aliphatic carbocycles. The van der Waals surface area contributed by atoms with Crippen molar-refractivity contribution in [3.05, 3.63) is 18.7 Å². The Morgan fingerprint density at radius 2 is 2.31 bits per heavy atom. The lowest BCUT2D eigenvalue weighted by molar-refractivity contribution is -0.142. The van der Waals surface area contributed by atoms with E-state index in [1.165, 1.54) is 6.33 Å². The Kier molecular flexibility index (Phi) is 4.46. The summed E-state index contributed by atoms with van der Waals surface area (Å²) in [6.07, 6.45) is 4.78. The van der Waals surface area contributed by atoms with Crippen LogP contribution in [-0.2, 0) is 16.1 Å². The Morgan fingerprint density at radius 3 is 2.81 bits per heavy atom. The summed E-state index contributed by atoms with van der Waals surface area (Å²) in [5, 5.41) is 11.3. The molecule has 0 saturated carbocycles. The van der Waals surface area contributed by atoms with Crippen LogP contribution in [0.15, 0.2) is 18.7 Å². The summed E-state index contributed by atoms with van der Waals surface area (Å²) in [4.78, 5) is 25.9. The van der Waals surface area contributed by atoms with Crippen LogP contribution in [-0.4, -0.2) is 39.1 Å². The van der Waals surface area contributed by atoms with Crippen molar-refractivity contribution in [1.82, 2.24) is 14.9 Å². The molecule has 88 valence electrons. The first-order valence-corrected chi connectivity index (χ1v) is 4.81. The standard InChI is InChI=1S/C9H14N4O3/c10-2-1-8(14)12-7(9(15)16)5-13-4-3-11-6-13/h3-4,6-7H,1-2,5,10H2,(H,12,14)(H,15,16). The number of aliphatic carboxylic acids is 1. The number of carboxylic acid groups (broad SMARTS) is 1. The summed E-state index contributed by atoms with van der Waals surface area (Å²) in [5.41, 5.74) is 5.19. The van der Waals surface area contributed by atoms with Crippen molar-refractivity contribution < 1.29 is 14.7 Å². The molecular weight excluding hydrogens is 212 g/mol. The third kappa shape index (κ3) is 3.70. The zero-order valence-corrected chi connectivity index (χ0v) is 8.67. The minimum atomic E-state index is -1.08. The molecule has 4 N–H and O–H groups in total. The van der Waals surface area contributed by atoms with Gasteiger partial charge in [0.2, 0.25) is 5.91 Å². The number of hydrogen-bond donors (Lipinski definition) is 3. The van der Waals surface area contributed by atoms with E-state index in [2.05, 4.69) is 10.3 Å². The number of carbonyl (C=O) groups excluding carboxylic acids is 1. The average Bonchev–Trinajstić information content (AvgIpc) is 2.69. The molecular formula is C9H14N4O3. The minimum absolute atomic E-state index is 0.119. The van der Waals surface area contributed by atoms with Gasteiger partial charge in [-0.15, -0.1) is 0 Å². The molecule has 1 aromatic heterocycles. The van der Waals surface area contributed by atoms with E-state index in [0.29, 0.717) is 0 Å². The molecule has 1 heterocycles. The van der Waals surface area contributed by atoms with Crippen LogP contribution in [0.2, 0.25) is 0 Å². The Labute approximate surface area is 92.3 Å². The number of carboxylic acids is 1. The fourth-order valence-electron chi connectivity index (χ4n) is 1.19. The van der Waals surface area contributed by atoms with E-state index in [1.54, 1.807) is 17.0 Å². The molecule has 0 radical (unpaired) electrons. The van der Waals surface area contributed by atoms with Crippen LogP contribution in [0.25, 0.3) is 0 Å². The molecule has 1 atom stereocenters. The van der Waals surface area contributed by atoms with Gasteiger partial charge < -0.3 is 20.7 Å². The fraction of sp³-hybridized carbons (Fsp3) is 0.444. The van der Waals surface area contributed by atoms with E-state index in [-0.39, 0.29) is 25.4 Å². The molecule has 0 fully saturated rings. The minimum Gasteiger partial charge on any atom is -0.480 e. The summed E-state index contributed by atoms with van der Waals surface area (Å²) in [5.74, 6) is -1.45. The van der Waals surface area contributed by atoms with Gasteiger partial charge in [0.15, 0.2) is 0 Å². The Morgan fingerprint density at radius 1 is 1.56 bits per heavy atom. The van der Waals surface area contributed by atoms with Crippen molar-refractivity contribution in [2.24, 2.45) is 5.73 Å². The number of nitrogens with two attached hydrogens (primary N) is 1. The highest BCUT2D eigenvalue weighted by atomic mass is 16.4. The number of amides is 1. The van der Waals surface area contributed by atoms with Gasteiger partial charge in [0.1, 0.15) is 6.04 Å². The number of rotatable bonds is 6. The van der Waals surface area contributed by atoms with Crippen LogP contribution in [0.4, 0.5) is 0 Å². The van der Waals surface area contributed by atoms with E-state index in [4.69, 9.17) is 10.8 Å². The first kappa shape index (κ1) is 12.2. The van der Waals surface area contributed by atoms with E-state index in [9.17, 15) is 9.59 Å². The van der Waals surface area contributed by atoms with Crippen LogP contribution in [0, 0.1) is 0 Å². The maximum absolute atomic E-state index is 11.2. The van der Waals surface area contributed by atoms with Gasteiger partial charge in [0.05, 0.1) is 12.9 Å². The van der Waals surface area contributed by atoms with Gasteiger partial charge in [-0.05, 0) is 0 Å². The fourth-order valence-corrected chi connectivity index (χ4v) is 1.19. The summed E-state index contributed by atoms with van der Waals surface area (Å²) in [6.45, 7) is 0.342. The Bertz CT molecular complexity index is 350. The van der Waals surface area contributed by atoms with Crippen LogP contribution >= 0.6 is 0 Å². The molecule has 16 heavy (non-hydrogen) atoms. The summed E-state index contributed by atoms with van der Waals surface area (Å²) < 4.78 is 1.58. The summed E-state index contributed by atoms with van der Waals surface area (Å²) in [7, 11) is 0. The highest BCUT2D eigenvalue weighted by Gasteiger charge is 2.19. The number of imidazole rings is 1. The van der Waals surface area contributed by atoms with Gasteiger partial charge in [-0.3, -0.25) is 4.79 Å². The van der Waals surface area contributed by atoms with Crippen molar-refractivity contribution in [3.8, 4) is 0 Å². The van der Waals surface area contributed by atoms with Gasteiger partial charge in [-0.1, -0.05) is 0 Å². The second kappa shape index (κ2) is 5.86. The number of carbonyl (C=O) groups is 2. The van der Waals surface area contributed by atoms with Gasteiger partial charge in [0.25, 0.3) is 0 Å². The van der Waals surface area contributed by atoms with Crippen molar-refractivity contribution in [1.29, 1.82) is 0 Å². The van der Waals surface area contributed by atoms with Crippen molar-refractivity contribution in [3.63, 3.8) is 0 Å². The third-order valence-corrected chi connectivity index (χ3v) is 1.96. The monoisotopic (exact) mass is 226 g/mol. The predicted molar refractivity (Wildman–Crippen MR) is 55.5 cm³/mol. The van der Waals surface area contributed by atoms with E-state index < -0.39 is 12.0 Å². The first-order chi connectivity index (χ1) is 7.63. The van der Waals surface area contributed by atoms with Crippen LogP contribution in [0.1, 0.15) is 6.42 Å². The lowest BCUT2D eigenvalue weighted by atomic mass is 10.2. The van der Waals surface area contributed by atoms with E-state index >= 15 is 0 Å². The second-order valence-corrected chi connectivity index (χ2v) is 3.26.